The summed E-state index contributed by atoms with van der Waals surface area (Å²) in [5.74, 6) is 0.719. The Morgan fingerprint density at radius 2 is 2.31 bits per heavy atom. The molecule has 0 aromatic rings. The number of nitrogens with one attached hydrogen (secondary N) is 1. The van der Waals surface area contributed by atoms with Gasteiger partial charge in [-0.05, 0) is 32.2 Å². The van der Waals surface area contributed by atoms with E-state index in [2.05, 4.69) is 24.1 Å². The van der Waals surface area contributed by atoms with Gasteiger partial charge in [0.25, 0.3) is 0 Å². The number of nitrogens with zero attached hydrogens (tertiary/aromatic N) is 1. The molecule has 2 unspecified atom stereocenters. The summed E-state index contributed by atoms with van der Waals surface area (Å²) in [6.45, 7) is 7.34. The maximum atomic E-state index is 11.6. The van der Waals surface area contributed by atoms with E-state index in [-0.39, 0.29) is 5.91 Å². The molecule has 3 N–H and O–H groups in total. The highest BCUT2D eigenvalue weighted by Crippen LogP contribution is 2.21. The number of carbonyl (C=O) groups excluding carboxylic acids is 1. The van der Waals surface area contributed by atoms with Crippen LogP contribution >= 0.6 is 0 Å². The molecule has 0 radical (unpaired) electrons. The third-order valence-corrected chi connectivity index (χ3v) is 3.32. The van der Waals surface area contributed by atoms with Crippen LogP contribution in [0.3, 0.4) is 0 Å². The van der Waals surface area contributed by atoms with Gasteiger partial charge < -0.3 is 11.1 Å². The Kier molecular flexibility index (Phi) is 5.77. The third-order valence-electron chi connectivity index (χ3n) is 3.32. The first kappa shape index (κ1) is 13.5. The molecule has 1 heterocycles. The quantitative estimate of drug-likeness (QED) is 0.652. The van der Waals surface area contributed by atoms with Gasteiger partial charge in [-0.3, -0.25) is 9.69 Å². The van der Waals surface area contributed by atoms with Crippen molar-refractivity contribution in [3.63, 3.8) is 0 Å². The van der Waals surface area contributed by atoms with Crippen LogP contribution < -0.4 is 11.1 Å². The second-order valence-electron chi connectivity index (χ2n) is 4.82. The van der Waals surface area contributed by atoms with Crippen LogP contribution in [-0.4, -0.2) is 43.0 Å². The molecule has 1 amide bonds. The van der Waals surface area contributed by atoms with E-state index in [9.17, 15) is 4.79 Å². The SMILES string of the molecule is CCCCNC(=O)CN1CC(CN)CC1C. The van der Waals surface area contributed by atoms with Gasteiger partial charge in [0, 0.05) is 19.1 Å². The highest BCUT2D eigenvalue weighted by atomic mass is 16.2. The third kappa shape index (κ3) is 4.10. The Labute approximate surface area is 98.6 Å². The molecule has 4 nitrogen and oxygen atoms in total. The van der Waals surface area contributed by atoms with E-state index in [0.29, 0.717) is 18.5 Å². The summed E-state index contributed by atoms with van der Waals surface area (Å²) in [6, 6.07) is 0.491. The topological polar surface area (TPSA) is 58.4 Å². The van der Waals surface area contributed by atoms with Crippen molar-refractivity contribution in [2.45, 2.75) is 39.2 Å². The second kappa shape index (κ2) is 6.86. The minimum atomic E-state index is 0.151. The van der Waals surface area contributed by atoms with Crippen LogP contribution in [0.4, 0.5) is 0 Å². The number of amides is 1. The van der Waals surface area contributed by atoms with Crippen molar-refractivity contribution in [2.24, 2.45) is 11.7 Å². The molecular formula is C12H25N3O. The first-order chi connectivity index (χ1) is 7.67. The molecule has 0 spiro atoms. The maximum absolute atomic E-state index is 11.6. The number of likely N-dealkylation sites (tertiary alicyclic amines) is 1. The smallest absolute Gasteiger partial charge is 0.234 e. The average Bonchev–Trinajstić information content (AvgIpc) is 2.60. The van der Waals surface area contributed by atoms with Crippen molar-refractivity contribution in [3.8, 4) is 0 Å². The Morgan fingerprint density at radius 1 is 1.56 bits per heavy atom. The zero-order chi connectivity index (χ0) is 12.0. The lowest BCUT2D eigenvalue weighted by Crippen LogP contribution is -2.39. The molecule has 1 aliphatic rings. The van der Waals surface area contributed by atoms with Gasteiger partial charge in [-0.25, -0.2) is 0 Å². The Morgan fingerprint density at radius 3 is 2.88 bits per heavy atom. The maximum Gasteiger partial charge on any atom is 0.234 e. The van der Waals surface area contributed by atoms with E-state index < -0.39 is 0 Å². The van der Waals surface area contributed by atoms with Gasteiger partial charge in [-0.2, -0.15) is 0 Å². The van der Waals surface area contributed by atoms with Crippen LogP contribution in [0.15, 0.2) is 0 Å². The Hall–Kier alpha value is -0.610. The molecule has 2 atom stereocenters. The fourth-order valence-corrected chi connectivity index (χ4v) is 2.25. The normalized spacial score (nSPS) is 25.9. The molecule has 1 rings (SSSR count). The van der Waals surface area contributed by atoms with Gasteiger partial charge >= 0.3 is 0 Å². The van der Waals surface area contributed by atoms with Gasteiger partial charge in [0.05, 0.1) is 6.54 Å². The van der Waals surface area contributed by atoms with Gasteiger partial charge in [-0.15, -0.1) is 0 Å². The Bertz CT molecular complexity index is 220. The summed E-state index contributed by atoms with van der Waals surface area (Å²) in [5.41, 5.74) is 5.66. The van der Waals surface area contributed by atoms with Crippen LogP contribution in [0.25, 0.3) is 0 Å². The standard InChI is InChI=1S/C12H25N3O/c1-3-4-5-14-12(16)9-15-8-11(7-13)6-10(15)2/h10-11H,3-9,13H2,1-2H3,(H,14,16). The van der Waals surface area contributed by atoms with E-state index in [1.165, 1.54) is 0 Å². The molecule has 4 heteroatoms. The van der Waals surface area contributed by atoms with Crippen LogP contribution in [-0.2, 0) is 4.79 Å². The van der Waals surface area contributed by atoms with Gasteiger partial charge in [0.15, 0.2) is 0 Å². The predicted octanol–water partition coefficient (Wildman–Crippen LogP) is 0.572. The van der Waals surface area contributed by atoms with E-state index in [1.54, 1.807) is 0 Å². The highest BCUT2D eigenvalue weighted by molar-refractivity contribution is 5.78. The monoisotopic (exact) mass is 227 g/mol. The molecule has 1 saturated heterocycles. The van der Waals surface area contributed by atoms with Crippen LogP contribution in [0.2, 0.25) is 0 Å². The number of unbranched alkanes of at least 4 members (excludes halogenated alkanes) is 1. The van der Waals surface area contributed by atoms with Crippen molar-refractivity contribution in [2.75, 3.05) is 26.2 Å². The molecule has 0 saturated carbocycles. The minimum absolute atomic E-state index is 0.151. The van der Waals surface area contributed by atoms with E-state index >= 15 is 0 Å². The van der Waals surface area contributed by atoms with E-state index in [4.69, 9.17) is 5.73 Å². The van der Waals surface area contributed by atoms with Crippen molar-refractivity contribution >= 4 is 5.91 Å². The average molecular weight is 227 g/mol. The first-order valence-corrected chi connectivity index (χ1v) is 6.38. The van der Waals surface area contributed by atoms with E-state index in [0.717, 1.165) is 38.9 Å². The molecule has 1 aliphatic heterocycles. The van der Waals surface area contributed by atoms with Crippen molar-refractivity contribution in [1.29, 1.82) is 0 Å². The molecule has 0 aromatic heterocycles. The fraction of sp³-hybridized carbons (Fsp3) is 0.917. The lowest BCUT2D eigenvalue weighted by Gasteiger charge is -2.20. The largest absolute Gasteiger partial charge is 0.355 e. The molecular weight excluding hydrogens is 202 g/mol. The number of rotatable bonds is 6. The number of nitrogens with two attached hydrogens (primary N) is 1. The summed E-state index contributed by atoms with van der Waals surface area (Å²) in [5, 5.41) is 2.95. The molecule has 1 fully saturated rings. The lowest BCUT2D eigenvalue weighted by molar-refractivity contribution is -0.122. The second-order valence-corrected chi connectivity index (χ2v) is 4.82. The van der Waals surface area contributed by atoms with Gasteiger partial charge in [-0.1, -0.05) is 13.3 Å². The molecule has 0 aromatic carbocycles. The van der Waals surface area contributed by atoms with Gasteiger partial charge in [0.1, 0.15) is 0 Å². The minimum Gasteiger partial charge on any atom is -0.355 e. The zero-order valence-electron chi connectivity index (χ0n) is 10.5. The van der Waals surface area contributed by atoms with Crippen LogP contribution in [0.1, 0.15) is 33.1 Å². The summed E-state index contributed by atoms with van der Waals surface area (Å²) < 4.78 is 0. The summed E-state index contributed by atoms with van der Waals surface area (Å²) in [4.78, 5) is 13.9. The molecule has 0 aliphatic carbocycles. The molecule has 94 valence electrons. The summed E-state index contributed by atoms with van der Waals surface area (Å²) in [7, 11) is 0. The van der Waals surface area contributed by atoms with Crippen molar-refractivity contribution < 1.29 is 4.79 Å². The lowest BCUT2D eigenvalue weighted by atomic mass is 10.1. The number of carbonyl (C=O) groups is 1. The predicted molar refractivity (Wildman–Crippen MR) is 66.1 cm³/mol. The van der Waals surface area contributed by atoms with Crippen LogP contribution in [0, 0.1) is 5.92 Å². The molecule has 16 heavy (non-hydrogen) atoms. The molecule has 0 bridgehead atoms. The highest BCUT2D eigenvalue weighted by Gasteiger charge is 2.28. The van der Waals surface area contributed by atoms with Gasteiger partial charge in [0.2, 0.25) is 5.91 Å². The van der Waals surface area contributed by atoms with Crippen molar-refractivity contribution in [1.82, 2.24) is 10.2 Å². The van der Waals surface area contributed by atoms with E-state index in [1.807, 2.05) is 0 Å². The fourth-order valence-electron chi connectivity index (χ4n) is 2.25. The first-order valence-electron chi connectivity index (χ1n) is 6.38. The summed E-state index contributed by atoms with van der Waals surface area (Å²) >= 11 is 0. The van der Waals surface area contributed by atoms with Crippen LogP contribution in [0.5, 0.6) is 0 Å². The summed E-state index contributed by atoms with van der Waals surface area (Å²) in [6.07, 6.45) is 3.31. The number of hydrogen-bond acceptors (Lipinski definition) is 3. The zero-order valence-corrected chi connectivity index (χ0v) is 10.5. The number of hydrogen-bond donors (Lipinski definition) is 2. The Balaban J connectivity index is 2.23. The van der Waals surface area contributed by atoms with Crippen molar-refractivity contribution in [3.05, 3.63) is 0 Å².